The molecular formula is C27H37F2N7O. The summed E-state index contributed by atoms with van der Waals surface area (Å²) < 4.78 is 30.2. The number of hydrogen-bond acceptors (Lipinski definition) is 6. The van der Waals surface area contributed by atoms with Crippen molar-refractivity contribution in [2.24, 2.45) is 10.7 Å². The number of alkyl halides is 1. The molecule has 0 saturated carbocycles. The van der Waals surface area contributed by atoms with Crippen molar-refractivity contribution >= 4 is 29.2 Å². The van der Waals surface area contributed by atoms with E-state index in [0.29, 0.717) is 54.6 Å². The molecule has 1 fully saturated rings. The van der Waals surface area contributed by atoms with Crippen molar-refractivity contribution in [3.05, 3.63) is 46.0 Å². The van der Waals surface area contributed by atoms with Gasteiger partial charge in [0.15, 0.2) is 5.82 Å². The first-order valence-electron chi connectivity index (χ1n) is 12.9. The van der Waals surface area contributed by atoms with Crippen LogP contribution in [0.4, 0.5) is 14.5 Å². The molecule has 0 radical (unpaired) electrons. The number of benzene rings is 1. The summed E-state index contributed by atoms with van der Waals surface area (Å²) in [6, 6.07) is 2.06. The van der Waals surface area contributed by atoms with Gasteiger partial charge < -0.3 is 26.2 Å². The van der Waals surface area contributed by atoms with Crippen LogP contribution >= 0.6 is 0 Å². The average molecular weight is 514 g/mol. The smallest absolute Gasteiger partial charge is 0.219 e. The van der Waals surface area contributed by atoms with Crippen LogP contribution in [0.15, 0.2) is 28.5 Å². The van der Waals surface area contributed by atoms with Crippen molar-refractivity contribution < 1.29 is 13.6 Å². The van der Waals surface area contributed by atoms with Crippen molar-refractivity contribution in [2.45, 2.75) is 51.7 Å². The fraction of sp³-hybridized carbons (Fsp3) is 0.519. The molecule has 0 atom stereocenters. The minimum absolute atomic E-state index is 0.0560. The summed E-state index contributed by atoms with van der Waals surface area (Å²) in [4.78, 5) is 19.6. The van der Waals surface area contributed by atoms with E-state index in [0.717, 1.165) is 31.6 Å². The predicted octanol–water partition coefficient (Wildman–Crippen LogP) is 2.87. The first-order valence-corrected chi connectivity index (χ1v) is 12.9. The molecule has 3 heterocycles. The van der Waals surface area contributed by atoms with E-state index in [-0.39, 0.29) is 35.6 Å². The normalized spacial score (nSPS) is 19.4. The molecule has 200 valence electrons. The third kappa shape index (κ3) is 5.53. The lowest BCUT2D eigenvalue weighted by Gasteiger charge is -2.38. The number of anilines is 1. The van der Waals surface area contributed by atoms with Crippen molar-refractivity contribution in [1.82, 2.24) is 15.5 Å². The SMILES string of the molecule is CN=C/C(=C\N)c1cc2c(c(F)c1CF)N(C(=N)C1=C(NC3CCNCC3)CCN(C(C)=O)C1)CCC2. The topological polar surface area (TPSA) is 110 Å². The van der Waals surface area contributed by atoms with Crippen LogP contribution in [0.3, 0.4) is 0 Å². The van der Waals surface area contributed by atoms with Crippen molar-refractivity contribution in [1.29, 1.82) is 5.41 Å². The van der Waals surface area contributed by atoms with E-state index in [4.69, 9.17) is 5.73 Å². The molecule has 1 amide bonds. The van der Waals surface area contributed by atoms with Crippen LogP contribution in [-0.2, 0) is 17.9 Å². The maximum atomic E-state index is 16.0. The van der Waals surface area contributed by atoms with Gasteiger partial charge in [-0.15, -0.1) is 0 Å². The number of carbonyl (C=O) groups is 1. The van der Waals surface area contributed by atoms with Crippen LogP contribution in [0.2, 0.25) is 0 Å². The second-order valence-electron chi connectivity index (χ2n) is 9.79. The first-order chi connectivity index (χ1) is 17.9. The van der Waals surface area contributed by atoms with Gasteiger partial charge in [0.05, 0.1) is 12.2 Å². The van der Waals surface area contributed by atoms with Crippen molar-refractivity contribution in [3.63, 3.8) is 0 Å². The minimum atomic E-state index is -1.01. The molecule has 0 aliphatic carbocycles. The van der Waals surface area contributed by atoms with Gasteiger partial charge in [-0.05, 0) is 56.0 Å². The van der Waals surface area contributed by atoms with Gasteiger partial charge in [0, 0.05) is 74.3 Å². The molecule has 5 N–H and O–H groups in total. The Labute approximate surface area is 217 Å². The molecule has 4 rings (SSSR count). The van der Waals surface area contributed by atoms with Crippen LogP contribution < -0.4 is 21.3 Å². The quantitative estimate of drug-likeness (QED) is 0.346. The van der Waals surface area contributed by atoms with Crippen LogP contribution in [0.1, 0.15) is 49.3 Å². The molecule has 8 nitrogen and oxygen atoms in total. The number of halogens is 2. The van der Waals surface area contributed by atoms with Gasteiger partial charge in [-0.1, -0.05) is 0 Å². The van der Waals surface area contributed by atoms with Crippen molar-refractivity contribution in [3.8, 4) is 0 Å². The van der Waals surface area contributed by atoms with E-state index >= 15 is 4.39 Å². The van der Waals surface area contributed by atoms with E-state index in [1.807, 2.05) is 0 Å². The molecule has 0 aromatic heterocycles. The van der Waals surface area contributed by atoms with Gasteiger partial charge in [-0.25, -0.2) is 8.78 Å². The number of nitrogens with one attached hydrogen (secondary N) is 3. The van der Waals surface area contributed by atoms with Gasteiger partial charge in [0.1, 0.15) is 12.5 Å². The Morgan fingerprint density at radius 2 is 2.08 bits per heavy atom. The maximum absolute atomic E-state index is 16.0. The van der Waals surface area contributed by atoms with Crippen LogP contribution in [0.25, 0.3) is 5.57 Å². The maximum Gasteiger partial charge on any atom is 0.219 e. The van der Waals surface area contributed by atoms with Crippen LogP contribution in [0.5, 0.6) is 0 Å². The zero-order chi connectivity index (χ0) is 26.5. The summed E-state index contributed by atoms with van der Waals surface area (Å²) in [6.07, 6.45) is 6.68. The molecule has 1 aromatic rings. The molecule has 0 bridgehead atoms. The highest BCUT2D eigenvalue weighted by Crippen LogP contribution is 2.38. The second kappa shape index (κ2) is 11.9. The van der Waals surface area contributed by atoms with Crippen LogP contribution in [0, 0.1) is 11.2 Å². The number of piperidine rings is 1. The van der Waals surface area contributed by atoms with Gasteiger partial charge in [-0.2, -0.15) is 0 Å². The molecular weight excluding hydrogens is 476 g/mol. The predicted molar refractivity (Wildman–Crippen MR) is 144 cm³/mol. The highest BCUT2D eigenvalue weighted by molar-refractivity contribution is 6.12. The van der Waals surface area contributed by atoms with Crippen molar-refractivity contribution in [2.75, 3.05) is 44.7 Å². The lowest BCUT2D eigenvalue weighted by atomic mass is 9.91. The number of rotatable bonds is 6. The highest BCUT2D eigenvalue weighted by Gasteiger charge is 2.33. The Kier molecular flexibility index (Phi) is 8.58. The van der Waals surface area contributed by atoms with Gasteiger partial charge in [0.25, 0.3) is 0 Å². The van der Waals surface area contributed by atoms with Gasteiger partial charge in [-0.3, -0.25) is 15.2 Å². The number of nitrogens with zero attached hydrogens (tertiary/aromatic N) is 3. The zero-order valence-corrected chi connectivity index (χ0v) is 21.7. The lowest BCUT2D eigenvalue weighted by molar-refractivity contribution is -0.128. The molecule has 1 saturated heterocycles. The Morgan fingerprint density at radius 1 is 1.32 bits per heavy atom. The Morgan fingerprint density at radius 3 is 2.73 bits per heavy atom. The fourth-order valence-electron chi connectivity index (χ4n) is 5.49. The number of allylic oxidation sites excluding steroid dienone is 1. The molecule has 3 aliphatic heterocycles. The van der Waals surface area contributed by atoms with E-state index in [1.165, 1.54) is 19.3 Å². The third-order valence-corrected chi connectivity index (χ3v) is 7.47. The molecule has 0 unspecified atom stereocenters. The number of hydrogen-bond donors (Lipinski definition) is 4. The Balaban J connectivity index is 1.75. The monoisotopic (exact) mass is 513 g/mol. The summed E-state index contributed by atoms with van der Waals surface area (Å²) in [5, 5.41) is 16.2. The largest absolute Gasteiger partial charge is 0.404 e. The Bertz CT molecular complexity index is 1140. The average Bonchev–Trinajstić information content (AvgIpc) is 2.91. The molecule has 0 spiro atoms. The number of fused-ring (bicyclic) bond motifs is 1. The van der Waals surface area contributed by atoms with Crippen LogP contribution in [-0.4, -0.2) is 68.7 Å². The first kappa shape index (κ1) is 26.8. The standard InChI is InChI=1S/C27H37F2N7O/c1-17(37)35-11-7-24(34-20-5-8-33-9-6-20)23(16-35)27(31)36-10-3-4-18-12-21(19(14-30)15-32-2)22(13-28)25(29)26(18)36/h12,14-15,20,31,33-34H,3-11,13,16,30H2,1-2H3/b19-14+,31-27?,32-15?. The zero-order valence-electron chi connectivity index (χ0n) is 21.7. The molecule has 1 aromatic carbocycles. The summed E-state index contributed by atoms with van der Waals surface area (Å²) in [6.45, 7) is 3.68. The van der Waals surface area contributed by atoms with E-state index in [1.54, 1.807) is 22.9 Å². The minimum Gasteiger partial charge on any atom is -0.404 e. The number of amides is 1. The molecule has 10 heteroatoms. The summed E-state index contributed by atoms with van der Waals surface area (Å²) >= 11 is 0. The molecule has 37 heavy (non-hydrogen) atoms. The lowest BCUT2D eigenvalue weighted by Crippen LogP contribution is -2.47. The number of aryl methyl sites for hydroxylation is 1. The fourth-order valence-corrected chi connectivity index (χ4v) is 5.49. The van der Waals surface area contributed by atoms with Gasteiger partial charge in [0.2, 0.25) is 5.91 Å². The van der Waals surface area contributed by atoms with Gasteiger partial charge >= 0.3 is 0 Å². The third-order valence-electron chi connectivity index (χ3n) is 7.47. The highest BCUT2D eigenvalue weighted by atomic mass is 19.1. The summed E-state index contributed by atoms with van der Waals surface area (Å²) in [5.41, 5.74) is 9.07. The molecule has 3 aliphatic rings. The summed E-state index contributed by atoms with van der Waals surface area (Å²) in [7, 11) is 1.58. The number of nitrogens with two attached hydrogens (primary N) is 1. The Hall–Kier alpha value is -3.27. The summed E-state index contributed by atoms with van der Waals surface area (Å²) in [5.74, 6) is -0.569. The number of carbonyl (C=O) groups excluding carboxylic acids is 1. The number of amidine groups is 1. The van der Waals surface area contributed by atoms with E-state index in [2.05, 4.69) is 15.6 Å². The second-order valence-corrected chi connectivity index (χ2v) is 9.79. The van der Waals surface area contributed by atoms with E-state index < -0.39 is 12.5 Å². The van der Waals surface area contributed by atoms with E-state index in [9.17, 15) is 14.6 Å². The number of aliphatic imine (C=N–C) groups is 1.